The molecule has 73 heavy (non-hydrogen) atoms. The van der Waals surface area contributed by atoms with Crippen LogP contribution in [-0.2, 0) is 33.3 Å². The number of piperidine rings is 1. The second-order valence-corrected chi connectivity index (χ2v) is 22.2. The molecular weight excluding hydrogens is 1010 g/mol. The van der Waals surface area contributed by atoms with Gasteiger partial charge in [0.25, 0.3) is 0 Å². The fraction of sp³-hybridized carbons (Fsp3) is 0.415. The zero-order chi connectivity index (χ0) is 53.0. The van der Waals surface area contributed by atoms with Gasteiger partial charge in [-0.15, -0.1) is 0 Å². The number of likely N-dealkylation sites (tertiary alicyclic amines) is 1. The van der Waals surface area contributed by atoms with Crippen LogP contribution in [0.2, 0.25) is 10.0 Å². The van der Waals surface area contributed by atoms with Gasteiger partial charge in [0.15, 0.2) is 5.76 Å². The molecule has 2 unspecified atom stereocenters. The number of rotatable bonds is 7. The Morgan fingerprint density at radius 2 is 1.26 bits per heavy atom. The van der Waals surface area contributed by atoms with Crippen LogP contribution in [0.25, 0.3) is 23.5 Å². The molecule has 4 aliphatic rings. The van der Waals surface area contributed by atoms with E-state index in [0.717, 1.165) is 40.8 Å². The number of fused-ring (bicyclic) bond motifs is 4. The molecule has 390 valence electrons. The first-order valence-corrected chi connectivity index (χ1v) is 26.0. The molecule has 8 rings (SSSR count). The van der Waals surface area contributed by atoms with Crippen molar-refractivity contribution in [3.8, 4) is 0 Å². The van der Waals surface area contributed by atoms with Gasteiger partial charge in [-0.05, 0) is 150 Å². The van der Waals surface area contributed by atoms with E-state index >= 15 is 0 Å². The lowest BCUT2D eigenvalue weighted by molar-refractivity contribution is -0.137. The van der Waals surface area contributed by atoms with Crippen LogP contribution >= 0.6 is 23.2 Å². The summed E-state index contributed by atoms with van der Waals surface area (Å²) in [7, 11) is -5.95. The van der Waals surface area contributed by atoms with Crippen molar-refractivity contribution in [2.24, 2.45) is 5.92 Å². The van der Waals surface area contributed by atoms with Crippen molar-refractivity contribution in [3.63, 3.8) is 0 Å². The number of alkyl halides is 3. The molecule has 2 aromatic carbocycles. The van der Waals surface area contributed by atoms with Crippen LogP contribution in [0, 0.1) is 5.92 Å². The molecule has 2 aliphatic carbocycles. The van der Waals surface area contributed by atoms with E-state index in [1.54, 1.807) is 74.0 Å². The number of piperazine rings is 1. The number of halogens is 5. The maximum atomic E-state index is 13.2. The first-order valence-electron chi connectivity index (χ1n) is 23.8. The number of esters is 1. The minimum Gasteiger partial charge on any atom is -0.463 e. The van der Waals surface area contributed by atoms with Gasteiger partial charge in [0, 0.05) is 84.8 Å². The summed E-state index contributed by atoms with van der Waals surface area (Å²) in [5.41, 5.74) is -0.352. The Bertz CT molecular complexity index is 2920. The molecule has 0 bridgehead atoms. The fourth-order valence-corrected chi connectivity index (χ4v) is 9.99. The number of carbonyl (C=O) groups excluding carboxylic acids is 3. The predicted octanol–water partition coefficient (Wildman–Crippen LogP) is 11.5. The Hall–Kier alpha value is -5.95. The zero-order valence-corrected chi connectivity index (χ0v) is 43.9. The van der Waals surface area contributed by atoms with Crippen molar-refractivity contribution in [1.82, 2.24) is 24.7 Å². The summed E-state index contributed by atoms with van der Waals surface area (Å²) in [5, 5.41) is 0.812. The van der Waals surface area contributed by atoms with Crippen molar-refractivity contribution in [2.45, 2.75) is 90.0 Å². The zero-order valence-electron chi connectivity index (χ0n) is 41.5. The van der Waals surface area contributed by atoms with Gasteiger partial charge >= 0.3 is 33.8 Å². The van der Waals surface area contributed by atoms with E-state index in [4.69, 9.17) is 42.4 Å². The summed E-state index contributed by atoms with van der Waals surface area (Å²) in [6, 6.07) is 17.1. The van der Waals surface area contributed by atoms with Crippen LogP contribution in [0.1, 0.15) is 118 Å². The predicted molar refractivity (Wildman–Crippen MR) is 273 cm³/mol. The largest absolute Gasteiger partial charge is 0.534 e. The molecule has 2 aliphatic heterocycles. The third-order valence-electron chi connectivity index (χ3n) is 12.3. The van der Waals surface area contributed by atoms with Crippen LogP contribution in [0.3, 0.4) is 0 Å². The summed E-state index contributed by atoms with van der Waals surface area (Å²) < 4.78 is 84.2. The highest BCUT2D eigenvalue weighted by molar-refractivity contribution is 7.87. The fourth-order valence-electron chi connectivity index (χ4n) is 9.18. The van der Waals surface area contributed by atoms with Gasteiger partial charge in [-0.1, -0.05) is 47.5 Å². The van der Waals surface area contributed by atoms with Gasteiger partial charge in [0.05, 0.1) is 24.0 Å². The van der Waals surface area contributed by atoms with E-state index in [9.17, 15) is 36.0 Å². The Morgan fingerprint density at radius 3 is 1.82 bits per heavy atom. The van der Waals surface area contributed by atoms with Crippen LogP contribution in [-0.4, -0.2) is 114 Å². The summed E-state index contributed by atoms with van der Waals surface area (Å²) >= 11 is 12.6. The van der Waals surface area contributed by atoms with Gasteiger partial charge in [-0.25, -0.2) is 14.4 Å². The van der Waals surface area contributed by atoms with E-state index in [1.165, 1.54) is 18.2 Å². The van der Waals surface area contributed by atoms with E-state index < -0.39 is 44.7 Å². The highest BCUT2D eigenvalue weighted by Gasteiger charge is 2.49. The number of nitrogens with zero attached hydrogens (tertiary/aromatic N) is 5. The minimum atomic E-state index is -5.95. The van der Waals surface area contributed by atoms with Gasteiger partial charge < -0.3 is 28.2 Å². The molecule has 2 fully saturated rings. The molecule has 4 heterocycles. The number of benzene rings is 2. The van der Waals surface area contributed by atoms with Crippen LogP contribution in [0.5, 0.6) is 0 Å². The molecule has 2 amide bonds. The van der Waals surface area contributed by atoms with Crippen molar-refractivity contribution in [1.29, 1.82) is 0 Å². The second kappa shape index (κ2) is 22.3. The Morgan fingerprint density at radius 1 is 0.726 bits per heavy atom. The lowest BCUT2D eigenvalue weighted by Gasteiger charge is -2.40. The van der Waals surface area contributed by atoms with Gasteiger partial charge in [-0.2, -0.15) is 21.6 Å². The molecule has 0 N–H and O–H groups in total. The molecule has 2 saturated heterocycles. The normalized spacial score (nSPS) is 18.5. The highest BCUT2D eigenvalue weighted by atomic mass is 35.5. The average Bonchev–Trinajstić information content (AvgIpc) is 3.53. The number of hydrogen-bond donors (Lipinski definition) is 0. The number of carbonyl (C=O) groups is 3. The summed E-state index contributed by atoms with van der Waals surface area (Å²) in [5.74, 6) is -0.597. The maximum Gasteiger partial charge on any atom is 0.534 e. The van der Waals surface area contributed by atoms with E-state index in [-0.39, 0.29) is 34.5 Å². The molecule has 20 heteroatoms. The monoisotopic (exact) mass is 1070 g/mol. The molecule has 2 aromatic heterocycles. The number of ether oxygens (including phenoxy) is 3. The number of aromatic nitrogens is 2. The third-order valence-corrected chi connectivity index (χ3v) is 13.7. The Labute approximate surface area is 433 Å². The van der Waals surface area contributed by atoms with E-state index in [1.807, 2.05) is 50.1 Å². The number of amides is 2. The van der Waals surface area contributed by atoms with Crippen molar-refractivity contribution < 1.29 is 54.4 Å². The lowest BCUT2D eigenvalue weighted by atomic mass is 9.76. The average molecular weight is 1070 g/mol. The second-order valence-electron chi connectivity index (χ2n) is 19.8. The standard InChI is InChI=1S/C29H33ClN2O4.C24H25ClF3N3O5S/c1-5-35-25(33)11-8-20-17-21-7-6-14-31-27(21)26(23-10-9-22(30)18-24(20)23)19-12-15-32(16-13-19)28(34)36-29(2,3)4;1-23(2,3)35-22(32)31-11-9-30(10-12-31)21-17-7-6-16(25)14-18(17)19(36-37(33,34)24(26,27)28)13-15-5-4-8-29-20(15)21/h6-11,14,17-19,26H,5,12-13,15-16H2,1-4H3;4-8,13-14,21H,9-12H2,1-3H3/b11-8+;. The van der Waals surface area contributed by atoms with Gasteiger partial charge in [0.1, 0.15) is 11.2 Å². The molecule has 0 spiro atoms. The van der Waals surface area contributed by atoms with Crippen molar-refractivity contribution in [3.05, 3.63) is 140 Å². The van der Waals surface area contributed by atoms with Crippen LogP contribution in [0.15, 0.2) is 85.2 Å². The summed E-state index contributed by atoms with van der Waals surface area (Å²) in [6.07, 6.45) is 10.9. The van der Waals surface area contributed by atoms with Crippen LogP contribution < -0.4 is 0 Å². The van der Waals surface area contributed by atoms with Crippen LogP contribution in [0.4, 0.5) is 22.8 Å². The van der Waals surface area contributed by atoms with E-state index in [0.29, 0.717) is 67.7 Å². The lowest BCUT2D eigenvalue weighted by Crippen LogP contribution is -2.51. The van der Waals surface area contributed by atoms with E-state index in [2.05, 4.69) is 27.4 Å². The minimum absolute atomic E-state index is 0.0268. The number of allylic oxidation sites excluding steroid dienone is 2. The molecule has 0 saturated carbocycles. The number of hydrogen-bond acceptors (Lipinski definition) is 12. The topological polar surface area (TPSA) is 158 Å². The Kier molecular flexibility index (Phi) is 16.7. The number of pyridine rings is 2. The molecule has 14 nitrogen and oxygen atoms in total. The highest BCUT2D eigenvalue weighted by Crippen LogP contribution is 2.46. The third kappa shape index (κ3) is 13.4. The first kappa shape index (κ1) is 54.8. The van der Waals surface area contributed by atoms with Gasteiger partial charge in [0.2, 0.25) is 0 Å². The smallest absolute Gasteiger partial charge is 0.463 e. The summed E-state index contributed by atoms with van der Waals surface area (Å²) in [4.78, 5) is 51.9. The maximum absolute atomic E-state index is 13.2. The molecule has 4 aromatic rings. The van der Waals surface area contributed by atoms with Gasteiger partial charge in [-0.3, -0.25) is 14.9 Å². The first-order chi connectivity index (χ1) is 34.3. The quantitative estimate of drug-likeness (QED) is 0.0568. The van der Waals surface area contributed by atoms with Crippen molar-refractivity contribution >= 4 is 75.0 Å². The molecular formula is C53H58Cl2F3N5O9S. The Balaban J connectivity index is 0.000000214. The van der Waals surface area contributed by atoms with Crippen molar-refractivity contribution in [2.75, 3.05) is 45.9 Å². The SMILES string of the molecule is CC(C)(C)OC(=O)N1CCN(C2c3ccc(Cl)cc3C(OS(=O)(=O)C(F)(F)F)=Cc3cccnc32)CC1.CCOC(=O)/C=C/C1=Cc2cccnc2C(C2CCN(C(=O)OC(C)(C)C)CC2)c2ccc(Cl)cc21. The summed E-state index contributed by atoms with van der Waals surface area (Å²) in [6.45, 7) is 15.8. The molecule has 2 atom stereocenters. The molecule has 0 radical (unpaired) electrons.